The molecular formula is C25H34ClN. The Morgan fingerprint density at radius 1 is 1.00 bits per heavy atom. The molecule has 1 nitrogen and oxygen atoms in total. The molecule has 6 unspecified atom stereocenters. The molecule has 6 atom stereocenters. The maximum atomic E-state index is 6.59. The smallest absolute Gasteiger partial charge is 0.0512 e. The van der Waals surface area contributed by atoms with Gasteiger partial charge in [0.05, 0.1) is 5.02 Å². The molecule has 0 saturated heterocycles. The molecule has 3 fully saturated rings. The van der Waals surface area contributed by atoms with Gasteiger partial charge in [-0.2, -0.15) is 0 Å². The van der Waals surface area contributed by atoms with Crippen molar-refractivity contribution in [3.05, 3.63) is 35.1 Å². The predicted molar refractivity (Wildman–Crippen MR) is 114 cm³/mol. The lowest BCUT2D eigenvalue weighted by Crippen LogP contribution is -2.51. The molecule has 27 heavy (non-hydrogen) atoms. The topological polar surface area (TPSA) is 12.9 Å². The van der Waals surface area contributed by atoms with Crippen LogP contribution in [-0.2, 0) is 0 Å². The molecule has 0 aromatic carbocycles. The fourth-order valence-electron chi connectivity index (χ4n) is 8.03. The molecule has 0 spiro atoms. The number of fused-ring (bicyclic) bond motifs is 5. The molecule has 0 radical (unpaired) electrons. The third kappa shape index (κ3) is 2.67. The second kappa shape index (κ2) is 6.61. The first-order valence-corrected chi connectivity index (χ1v) is 11.7. The van der Waals surface area contributed by atoms with Gasteiger partial charge in [-0.1, -0.05) is 50.8 Å². The zero-order chi connectivity index (χ0) is 18.6. The highest BCUT2D eigenvalue weighted by atomic mass is 35.5. The summed E-state index contributed by atoms with van der Waals surface area (Å²) in [5.41, 5.74) is 3.59. The van der Waals surface area contributed by atoms with Crippen LogP contribution in [-0.4, -0.2) is 4.98 Å². The van der Waals surface area contributed by atoms with Gasteiger partial charge in [0.15, 0.2) is 0 Å². The highest BCUT2D eigenvalue weighted by Gasteiger charge is 2.57. The predicted octanol–water partition coefficient (Wildman–Crippen LogP) is 7.55. The lowest BCUT2D eigenvalue weighted by molar-refractivity contribution is -0.0808. The molecule has 2 heteroatoms. The van der Waals surface area contributed by atoms with Crippen molar-refractivity contribution in [2.45, 2.75) is 78.1 Å². The Morgan fingerprint density at radius 3 is 2.74 bits per heavy atom. The number of pyridine rings is 1. The van der Waals surface area contributed by atoms with Gasteiger partial charge in [-0.3, -0.25) is 4.98 Å². The van der Waals surface area contributed by atoms with Crippen molar-refractivity contribution in [2.75, 3.05) is 0 Å². The number of rotatable bonds is 1. The fourth-order valence-corrected chi connectivity index (χ4v) is 8.24. The van der Waals surface area contributed by atoms with Gasteiger partial charge in [0.25, 0.3) is 0 Å². The van der Waals surface area contributed by atoms with E-state index in [0.717, 1.165) is 28.7 Å². The third-order valence-corrected chi connectivity index (χ3v) is 9.80. The van der Waals surface area contributed by atoms with Crippen LogP contribution in [0.2, 0.25) is 5.02 Å². The van der Waals surface area contributed by atoms with E-state index in [1.165, 1.54) is 75.3 Å². The summed E-state index contributed by atoms with van der Waals surface area (Å²) < 4.78 is 0. The Hall–Kier alpha value is -0.820. The summed E-state index contributed by atoms with van der Waals surface area (Å²) in [4.78, 5) is 4.39. The molecule has 4 aliphatic carbocycles. The monoisotopic (exact) mass is 383 g/mol. The van der Waals surface area contributed by atoms with Gasteiger partial charge in [-0.05, 0) is 91.1 Å². The summed E-state index contributed by atoms with van der Waals surface area (Å²) in [5, 5.41) is 0.875. The van der Waals surface area contributed by atoms with Crippen LogP contribution in [0.25, 0.3) is 5.57 Å². The Kier molecular flexibility index (Phi) is 4.46. The summed E-state index contributed by atoms with van der Waals surface area (Å²) in [5.74, 6) is 3.66. The average molecular weight is 384 g/mol. The first-order valence-electron chi connectivity index (χ1n) is 11.3. The van der Waals surface area contributed by atoms with E-state index in [9.17, 15) is 0 Å². The molecule has 4 aliphatic rings. The normalized spacial score (nSPS) is 43.9. The minimum atomic E-state index is 0.293. The van der Waals surface area contributed by atoms with Crippen molar-refractivity contribution >= 4 is 17.2 Å². The van der Waals surface area contributed by atoms with E-state index in [-0.39, 0.29) is 0 Å². The molecule has 0 bridgehead atoms. The van der Waals surface area contributed by atoms with E-state index < -0.39 is 0 Å². The van der Waals surface area contributed by atoms with E-state index in [1.54, 1.807) is 0 Å². The van der Waals surface area contributed by atoms with Gasteiger partial charge >= 0.3 is 0 Å². The SMILES string of the molecule is CC12CCC3C(CCC4CCCCCC43C)C1CC=C2c1cnccc1Cl. The molecule has 0 aliphatic heterocycles. The third-order valence-electron chi connectivity index (χ3n) is 9.47. The number of halogens is 1. The minimum absolute atomic E-state index is 0.293. The zero-order valence-corrected chi connectivity index (χ0v) is 17.8. The van der Waals surface area contributed by atoms with E-state index in [0.29, 0.717) is 10.8 Å². The van der Waals surface area contributed by atoms with Crippen LogP contribution in [0.15, 0.2) is 24.5 Å². The van der Waals surface area contributed by atoms with Crippen molar-refractivity contribution in [1.82, 2.24) is 4.98 Å². The summed E-state index contributed by atoms with van der Waals surface area (Å²) in [6.07, 6.45) is 20.7. The standard InChI is InChI=1S/C25H34ClN/c1-24-13-5-3-4-6-17(24)7-8-18-20-9-10-21(19-16-27-15-12-23(19)26)25(20,2)14-11-22(18)24/h10,12,15-18,20,22H,3-9,11,13-14H2,1-2H3. The minimum Gasteiger partial charge on any atom is -0.264 e. The molecule has 146 valence electrons. The van der Waals surface area contributed by atoms with Gasteiger partial charge in [-0.15, -0.1) is 0 Å². The molecule has 1 aromatic rings. The highest BCUT2D eigenvalue weighted by Crippen LogP contribution is 2.67. The van der Waals surface area contributed by atoms with Gasteiger partial charge in [0, 0.05) is 18.0 Å². The quantitative estimate of drug-likeness (QED) is 0.487. The number of aromatic nitrogens is 1. The van der Waals surface area contributed by atoms with Crippen molar-refractivity contribution in [3.63, 3.8) is 0 Å². The number of hydrogen-bond acceptors (Lipinski definition) is 1. The van der Waals surface area contributed by atoms with E-state index in [1.807, 2.05) is 18.5 Å². The first kappa shape index (κ1) is 18.2. The number of allylic oxidation sites excluding steroid dienone is 2. The van der Waals surface area contributed by atoms with Crippen LogP contribution in [0.4, 0.5) is 0 Å². The maximum Gasteiger partial charge on any atom is 0.0512 e. The van der Waals surface area contributed by atoms with Crippen LogP contribution in [0, 0.1) is 34.5 Å². The van der Waals surface area contributed by atoms with E-state index >= 15 is 0 Å². The molecule has 1 heterocycles. The second-order valence-electron chi connectivity index (χ2n) is 10.4. The Labute approximate surface area is 170 Å². The van der Waals surface area contributed by atoms with Crippen LogP contribution >= 0.6 is 11.6 Å². The van der Waals surface area contributed by atoms with Crippen molar-refractivity contribution in [3.8, 4) is 0 Å². The molecule has 1 aromatic heterocycles. The van der Waals surface area contributed by atoms with Gasteiger partial charge in [0.1, 0.15) is 0 Å². The van der Waals surface area contributed by atoms with Crippen molar-refractivity contribution in [2.24, 2.45) is 34.5 Å². The van der Waals surface area contributed by atoms with Gasteiger partial charge in [-0.25, -0.2) is 0 Å². The largest absolute Gasteiger partial charge is 0.264 e. The fraction of sp³-hybridized carbons (Fsp3) is 0.720. The zero-order valence-electron chi connectivity index (χ0n) is 17.0. The maximum absolute atomic E-state index is 6.59. The van der Waals surface area contributed by atoms with Gasteiger partial charge < -0.3 is 0 Å². The number of hydrogen-bond donors (Lipinski definition) is 0. The van der Waals surface area contributed by atoms with Gasteiger partial charge in [0.2, 0.25) is 0 Å². The lowest BCUT2D eigenvalue weighted by Gasteiger charge is -2.59. The lowest BCUT2D eigenvalue weighted by atomic mass is 9.46. The summed E-state index contributed by atoms with van der Waals surface area (Å²) >= 11 is 6.59. The van der Waals surface area contributed by atoms with Crippen LogP contribution in [0.5, 0.6) is 0 Å². The molecular weight excluding hydrogens is 350 g/mol. The van der Waals surface area contributed by atoms with Crippen molar-refractivity contribution < 1.29 is 0 Å². The first-order chi connectivity index (χ1) is 13.0. The second-order valence-corrected chi connectivity index (χ2v) is 10.8. The molecule has 5 rings (SSSR count). The summed E-state index contributed by atoms with van der Waals surface area (Å²) in [6.45, 7) is 5.22. The average Bonchev–Trinajstić information content (AvgIpc) is 2.88. The van der Waals surface area contributed by atoms with Crippen LogP contribution in [0.3, 0.4) is 0 Å². The Balaban J connectivity index is 1.47. The molecule has 0 N–H and O–H groups in total. The molecule has 3 saturated carbocycles. The van der Waals surface area contributed by atoms with Crippen molar-refractivity contribution in [1.29, 1.82) is 0 Å². The summed E-state index contributed by atoms with van der Waals surface area (Å²) in [7, 11) is 0. The van der Waals surface area contributed by atoms with E-state index in [4.69, 9.17) is 11.6 Å². The highest BCUT2D eigenvalue weighted by molar-refractivity contribution is 6.32. The Bertz CT molecular complexity index is 754. The number of nitrogens with zero attached hydrogens (tertiary/aromatic N) is 1. The van der Waals surface area contributed by atoms with Crippen LogP contribution < -0.4 is 0 Å². The van der Waals surface area contributed by atoms with Crippen LogP contribution in [0.1, 0.15) is 83.6 Å². The Morgan fingerprint density at radius 2 is 1.89 bits per heavy atom. The molecule has 0 amide bonds. The summed E-state index contributed by atoms with van der Waals surface area (Å²) in [6, 6.07) is 1.96. The van der Waals surface area contributed by atoms with E-state index in [2.05, 4.69) is 24.9 Å².